The van der Waals surface area contributed by atoms with Gasteiger partial charge in [-0.2, -0.15) is 0 Å². The molecular formula is C6H7ClF3Zn. The molecule has 3 saturated carbocycles. The average Bonchev–Trinajstić information content (AvgIpc) is 1.51. The van der Waals surface area contributed by atoms with Crippen molar-refractivity contribution in [1.29, 1.82) is 0 Å². The van der Waals surface area contributed by atoms with Crippen LogP contribution in [0, 0.1) is 5.41 Å². The first-order valence-corrected chi connectivity index (χ1v) is 4.78. The molecule has 5 heteroatoms. The molecule has 61 valence electrons. The fourth-order valence-electron chi connectivity index (χ4n) is 2.30. The molecular weight excluding hydrogens is 230 g/mol. The van der Waals surface area contributed by atoms with Crippen molar-refractivity contribution in [2.75, 3.05) is 0 Å². The zero-order valence-electron chi connectivity index (χ0n) is 5.87. The summed E-state index contributed by atoms with van der Waals surface area (Å²) in [6.45, 7) is 0. The van der Waals surface area contributed by atoms with Gasteiger partial charge in [0.2, 0.25) is 0 Å². The Balaban J connectivity index is 0.000000605. The molecule has 0 amide bonds. The minimum absolute atomic E-state index is 0. The topological polar surface area (TPSA) is 0 Å². The van der Waals surface area contributed by atoms with Gasteiger partial charge in [0.25, 0.3) is 0 Å². The normalized spacial score (nSPS) is 47.0. The molecule has 3 aliphatic rings. The molecule has 0 atom stereocenters. The summed E-state index contributed by atoms with van der Waals surface area (Å²) in [6.07, 6.45) is -2.60. The SMILES string of the molecule is Cl.FC(F)(F)C12C[C]([Zn])(C1)C2. The summed E-state index contributed by atoms with van der Waals surface area (Å²) in [6, 6.07) is 0. The molecule has 0 spiro atoms. The van der Waals surface area contributed by atoms with Crippen LogP contribution in [0.15, 0.2) is 0 Å². The van der Waals surface area contributed by atoms with Crippen molar-refractivity contribution in [3.05, 3.63) is 0 Å². The summed E-state index contributed by atoms with van der Waals surface area (Å²) in [5, 5.41) is 0. The summed E-state index contributed by atoms with van der Waals surface area (Å²) >= 11 is 1.05. The standard InChI is InChI=1S/C6H6F3.ClH.Zn/c7-6(8,9)5-1-4(2-5)3-5;;/h1-3H2;1H;. The molecule has 0 radical (unpaired) electrons. The third-order valence-electron chi connectivity index (χ3n) is 2.74. The molecule has 0 heterocycles. The van der Waals surface area contributed by atoms with E-state index >= 15 is 0 Å². The van der Waals surface area contributed by atoms with E-state index in [-0.39, 0.29) is 16.4 Å². The van der Waals surface area contributed by atoms with Crippen molar-refractivity contribution < 1.29 is 31.5 Å². The van der Waals surface area contributed by atoms with Crippen LogP contribution in [0.3, 0.4) is 0 Å². The van der Waals surface area contributed by atoms with E-state index in [0.717, 1.165) is 18.3 Å². The third-order valence-corrected chi connectivity index (χ3v) is 4.32. The Bertz CT molecular complexity index is 169. The number of alkyl halides is 3. The van der Waals surface area contributed by atoms with Crippen molar-refractivity contribution in [1.82, 2.24) is 0 Å². The van der Waals surface area contributed by atoms with Crippen molar-refractivity contribution in [2.45, 2.75) is 29.4 Å². The second kappa shape index (κ2) is 2.14. The molecule has 2 bridgehead atoms. The number of halogens is 4. The Morgan fingerprint density at radius 1 is 1.09 bits per heavy atom. The zero-order valence-corrected chi connectivity index (χ0v) is 9.65. The molecule has 11 heavy (non-hydrogen) atoms. The molecule has 0 saturated heterocycles. The first-order chi connectivity index (χ1) is 4.37. The van der Waals surface area contributed by atoms with Gasteiger partial charge >= 0.3 is 66.3 Å². The molecule has 0 aromatic rings. The van der Waals surface area contributed by atoms with Gasteiger partial charge in [-0.1, -0.05) is 0 Å². The summed E-state index contributed by atoms with van der Waals surface area (Å²) < 4.78 is 36.5. The first kappa shape index (κ1) is 9.79. The van der Waals surface area contributed by atoms with E-state index in [4.69, 9.17) is 0 Å². The van der Waals surface area contributed by atoms with Crippen LogP contribution in [0.4, 0.5) is 13.2 Å². The van der Waals surface area contributed by atoms with Crippen molar-refractivity contribution in [3.8, 4) is 0 Å². The van der Waals surface area contributed by atoms with Crippen molar-refractivity contribution >= 4 is 12.4 Å². The Kier molecular flexibility index (Phi) is 1.90. The van der Waals surface area contributed by atoms with E-state index in [1.807, 2.05) is 0 Å². The van der Waals surface area contributed by atoms with Crippen LogP contribution in [0.1, 0.15) is 19.3 Å². The second-order valence-electron chi connectivity index (χ2n) is 3.81. The monoisotopic (exact) mass is 235 g/mol. The van der Waals surface area contributed by atoms with Gasteiger partial charge in [0.05, 0.1) is 0 Å². The Morgan fingerprint density at radius 3 is 1.55 bits per heavy atom. The molecule has 0 aliphatic heterocycles. The molecule has 0 unspecified atom stereocenters. The van der Waals surface area contributed by atoms with Gasteiger partial charge in [-0.3, -0.25) is 0 Å². The summed E-state index contributed by atoms with van der Waals surface area (Å²) in [5.41, 5.74) is -1.20. The average molecular weight is 237 g/mol. The maximum absolute atomic E-state index is 12.1. The number of hydrogen-bond acceptors (Lipinski definition) is 0. The van der Waals surface area contributed by atoms with Crippen LogP contribution in [-0.4, -0.2) is 6.18 Å². The summed E-state index contributed by atoms with van der Waals surface area (Å²) in [4.78, 5) is 0. The van der Waals surface area contributed by atoms with E-state index in [1.165, 1.54) is 0 Å². The van der Waals surface area contributed by atoms with E-state index in [2.05, 4.69) is 0 Å². The molecule has 0 aromatic carbocycles. The fourth-order valence-corrected chi connectivity index (χ4v) is 5.31. The van der Waals surface area contributed by atoms with Crippen LogP contribution in [0.2, 0.25) is 4.01 Å². The van der Waals surface area contributed by atoms with E-state index in [1.54, 1.807) is 0 Å². The van der Waals surface area contributed by atoms with Gasteiger partial charge in [0.15, 0.2) is 0 Å². The van der Waals surface area contributed by atoms with Crippen LogP contribution in [-0.2, 0) is 18.3 Å². The predicted molar refractivity (Wildman–Crippen MR) is 32.3 cm³/mol. The van der Waals surface area contributed by atoms with Gasteiger partial charge in [-0.15, -0.1) is 12.4 Å². The van der Waals surface area contributed by atoms with E-state index in [0.29, 0.717) is 19.3 Å². The Hall–Kier alpha value is 0.703. The summed E-state index contributed by atoms with van der Waals surface area (Å²) in [5.74, 6) is 0. The van der Waals surface area contributed by atoms with Gasteiger partial charge in [-0.05, 0) is 0 Å². The number of hydrogen-bond donors (Lipinski definition) is 0. The van der Waals surface area contributed by atoms with Crippen LogP contribution < -0.4 is 0 Å². The summed E-state index contributed by atoms with van der Waals surface area (Å²) in [7, 11) is 0. The molecule has 0 aromatic heterocycles. The molecule has 3 aliphatic carbocycles. The van der Waals surface area contributed by atoms with Gasteiger partial charge in [0, 0.05) is 0 Å². The third kappa shape index (κ3) is 1.06. The quantitative estimate of drug-likeness (QED) is 0.568. The predicted octanol–water partition coefficient (Wildman–Crippen LogP) is 2.86. The van der Waals surface area contributed by atoms with E-state index in [9.17, 15) is 13.2 Å². The minimum atomic E-state index is -3.91. The number of rotatable bonds is 0. The van der Waals surface area contributed by atoms with Gasteiger partial charge in [-0.25, -0.2) is 0 Å². The Labute approximate surface area is 79.0 Å². The van der Waals surface area contributed by atoms with E-state index < -0.39 is 11.6 Å². The van der Waals surface area contributed by atoms with Crippen LogP contribution >= 0.6 is 12.4 Å². The van der Waals surface area contributed by atoms with Crippen LogP contribution in [0.25, 0.3) is 0 Å². The van der Waals surface area contributed by atoms with Crippen LogP contribution in [0.5, 0.6) is 0 Å². The second-order valence-corrected chi connectivity index (χ2v) is 6.96. The first-order valence-electron chi connectivity index (χ1n) is 3.29. The maximum atomic E-state index is 12.1. The molecule has 0 nitrogen and oxygen atoms in total. The Morgan fingerprint density at radius 2 is 1.45 bits per heavy atom. The van der Waals surface area contributed by atoms with Gasteiger partial charge < -0.3 is 0 Å². The molecule has 3 fully saturated rings. The van der Waals surface area contributed by atoms with Crippen molar-refractivity contribution in [2.24, 2.45) is 5.41 Å². The zero-order chi connectivity index (χ0) is 7.62. The molecule has 0 N–H and O–H groups in total. The van der Waals surface area contributed by atoms with Gasteiger partial charge in [0.1, 0.15) is 0 Å². The fraction of sp³-hybridized carbons (Fsp3) is 1.00. The molecule has 3 rings (SSSR count). The van der Waals surface area contributed by atoms with Crippen molar-refractivity contribution in [3.63, 3.8) is 0 Å².